The summed E-state index contributed by atoms with van der Waals surface area (Å²) in [7, 11) is 2.81. The number of pyridine rings is 2. The Bertz CT molecular complexity index is 1720. The number of fused-ring (bicyclic) bond motifs is 1. The summed E-state index contributed by atoms with van der Waals surface area (Å²) in [6.07, 6.45) is -1.84. The maximum Gasteiger partial charge on any atom is 0.416 e. The Morgan fingerprint density at radius 1 is 1.02 bits per heavy atom. The van der Waals surface area contributed by atoms with Crippen LogP contribution in [-0.2, 0) is 30.6 Å². The third-order valence-corrected chi connectivity index (χ3v) is 8.47. The molecule has 0 radical (unpaired) electrons. The number of halogens is 3. The molecular weight excluding hydrogens is 607 g/mol. The molecule has 6 rings (SSSR count). The van der Waals surface area contributed by atoms with E-state index in [1.54, 1.807) is 6.07 Å². The molecule has 3 aromatic heterocycles. The summed E-state index contributed by atoms with van der Waals surface area (Å²) in [6.45, 7) is 3.35. The van der Waals surface area contributed by atoms with Gasteiger partial charge in [0.15, 0.2) is 17.1 Å². The minimum Gasteiger partial charge on any atom is -0.496 e. The average molecular weight is 642 g/mol. The lowest BCUT2D eigenvalue weighted by atomic mass is 9.93. The van der Waals surface area contributed by atoms with Gasteiger partial charge < -0.3 is 28.6 Å². The fourth-order valence-corrected chi connectivity index (χ4v) is 5.83. The molecule has 4 aromatic rings. The van der Waals surface area contributed by atoms with Crippen LogP contribution >= 0.6 is 0 Å². The monoisotopic (exact) mass is 641 g/mol. The van der Waals surface area contributed by atoms with Crippen molar-refractivity contribution in [3.63, 3.8) is 0 Å². The van der Waals surface area contributed by atoms with Crippen LogP contribution in [0.15, 0.2) is 42.5 Å². The molecule has 0 saturated carbocycles. The highest BCUT2D eigenvalue weighted by molar-refractivity contribution is 5.91. The minimum absolute atomic E-state index is 0.0106. The quantitative estimate of drug-likeness (QED) is 0.231. The number of imidazole rings is 1. The van der Waals surface area contributed by atoms with E-state index < -0.39 is 17.7 Å². The van der Waals surface area contributed by atoms with Crippen molar-refractivity contribution in [2.24, 2.45) is 0 Å². The predicted octanol–water partition coefficient (Wildman–Crippen LogP) is 5.31. The molecule has 0 unspecified atom stereocenters. The van der Waals surface area contributed by atoms with Crippen LogP contribution in [0.25, 0.3) is 11.2 Å². The number of nitrogens with zero attached hydrogens (tertiary/aromatic N) is 5. The highest BCUT2D eigenvalue weighted by Crippen LogP contribution is 2.34. The first kappa shape index (κ1) is 31.5. The Balaban J connectivity index is 1.12. The van der Waals surface area contributed by atoms with Crippen LogP contribution in [0.5, 0.6) is 17.4 Å². The Morgan fingerprint density at radius 3 is 2.43 bits per heavy atom. The van der Waals surface area contributed by atoms with E-state index in [0.717, 1.165) is 56.0 Å². The molecule has 0 spiro atoms. The standard InChI is InChI=1S/C32H34F3N5O6/c1-43-25-14-21(32(33,34)35)7-6-20(25)18-46-28-5-3-4-23(36-28)19-8-11-39(12-9-19)17-27-38-29-26(44-2)15-24(31(41)42)37-30(29)40(27)16-22-10-13-45-22/h3-7,14-15,19,22H,8-13,16-18H2,1-2H3,(H,41,42)/t22-/m0/s1. The summed E-state index contributed by atoms with van der Waals surface area (Å²) in [4.78, 5) is 28.0. The van der Waals surface area contributed by atoms with Gasteiger partial charge in [-0.15, -0.1) is 0 Å². The van der Waals surface area contributed by atoms with Crippen LogP contribution in [-0.4, -0.2) is 75.5 Å². The van der Waals surface area contributed by atoms with Crippen molar-refractivity contribution in [3.8, 4) is 17.4 Å². The Hall–Kier alpha value is -4.43. The third kappa shape index (κ3) is 6.72. The Kier molecular flexibility index (Phi) is 9.00. The zero-order valence-corrected chi connectivity index (χ0v) is 25.4. The fourth-order valence-electron chi connectivity index (χ4n) is 5.83. The van der Waals surface area contributed by atoms with Crippen LogP contribution in [0.1, 0.15) is 58.3 Å². The molecule has 5 heterocycles. The molecular formula is C32H34F3N5O6. The van der Waals surface area contributed by atoms with E-state index in [1.165, 1.54) is 26.4 Å². The number of benzene rings is 1. The van der Waals surface area contributed by atoms with Crippen LogP contribution in [0, 0.1) is 0 Å². The first-order valence-electron chi connectivity index (χ1n) is 15.0. The van der Waals surface area contributed by atoms with Gasteiger partial charge in [0.25, 0.3) is 0 Å². The number of methoxy groups -OCH3 is 2. The normalized spacial score (nSPS) is 17.5. The molecule has 0 bridgehead atoms. The van der Waals surface area contributed by atoms with Gasteiger partial charge in [-0.3, -0.25) is 4.90 Å². The zero-order valence-electron chi connectivity index (χ0n) is 25.4. The number of hydrogen-bond acceptors (Lipinski definition) is 9. The highest BCUT2D eigenvalue weighted by atomic mass is 19.4. The molecule has 2 saturated heterocycles. The third-order valence-electron chi connectivity index (χ3n) is 8.47. The number of piperidine rings is 1. The molecule has 1 aromatic carbocycles. The summed E-state index contributed by atoms with van der Waals surface area (Å²) < 4.78 is 63.4. The molecule has 1 atom stereocenters. The lowest BCUT2D eigenvalue weighted by Crippen LogP contribution is -2.35. The number of ether oxygens (including phenoxy) is 4. The second kappa shape index (κ2) is 13.1. The number of aromatic carboxylic acids is 1. The predicted molar refractivity (Wildman–Crippen MR) is 159 cm³/mol. The molecule has 1 N–H and O–H groups in total. The lowest BCUT2D eigenvalue weighted by molar-refractivity contribution is -0.137. The number of rotatable bonds is 11. The summed E-state index contributed by atoms with van der Waals surface area (Å²) in [6, 6.07) is 10.3. The van der Waals surface area contributed by atoms with Gasteiger partial charge in [-0.05, 0) is 50.6 Å². The van der Waals surface area contributed by atoms with Crippen molar-refractivity contribution in [3.05, 3.63) is 70.8 Å². The molecule has 2 fully saturated rings. The van der Waals surface area contributed by atoms with Crippen molar-refractivity contribution in [1.29, 1.82) is 0 Å². The lowest BCUT2D eigenvalue weighted by Gasteiger charge is -2.32. The number of carbonyl (C=O) groups is 1. The number of alkyl halides is 3. The molecule has 11 nitrogen and oxygen atoms in total. The van der Waals surface area contributed by atoms with E-state index >= 15 is 0 Å². The molecule has 0 aliphatic carbocycles. The van der Waals surface area contributed by atoms with Gasteiger partial charge in [0.1, 0.15) is 23.7 Å². The van der Waals surface area contributed by atoms with Crippen molar-refractivity contribution in [2.75, 3.05) is 33.9 Å². The first-order chi connectivity index (χ1) is 22.1. The van der Waals surface area contributed by atoms with E-state index in [1.807, 2.05) is 16.7 Å². The summed E-state index contributed by atoms with van der Waals surface area (Å²) >= 11 is 0. The van der Waals surface area contributed by atoms with Crippen molar-refractivity contribution < 1.29 is 42.0 Å². The van der Waals surface area contributed by atoms with Crippen LogP contribution in [0.4, 0.5) is 13.2 Å². The number of likely N-dealkylation sites (tertiary alicyclic amines) is 1. The molecule has 0 amide bonds. The largest absolute Gasteiger partial charge is 0.496 e. The van der Waals surface area contributed by atoms with Crippen molar-refractivity contribution in [1.82, 2.24) is 24.4 Å². The van der Waals surface area contributed by atoms with E-state index in [2.05, 4.69) is 9.88 Å². The van der Waals surface area contributed by atoms with Gasteiger partial charge in [-0.1, -0.05) is 12.1 Å². The van der Waals surface area contributed by atoms with Crippen molar-refractivity contribution in [2.45, 2.75) is 57.2 Å². The number of carboxylic acids is 1. The van der Waals surface area contributed by atoms with Crippen molar-refractivity contribution >= 4 is 17.1 Å². The molecule has 2 aliphatic rings. The summed E-state index contributed by atoms with van der Waals surface area (Å²) in [5, 5.41) is 9.60. The van der Waals surface area contributed by atoms with Crippen LogP contribution in [0.3, 0.4) is 0 Å². The summed E-state index contributed by atoms with van der Waals surface area (Å²) in [5.74, 6) is 0.672. The van der Waals surface area contributed by atoms with E-state index in [-0.39, 0.29) is 30.1 Å². The number of carboxylic acid groups (broad SMARTS) is 1. The average Bonchev–Trinajstić information content (AvgIpc) is 3.37. The van der Waals surface area contributed by atoms with Gasteiger partial charge in [0.2, 0.25) is 5.88 Å². The molecule has 2 aliphatic heterocycles. The maximum absolute atomic E-state index is 13.1. The van der Waals surface area contributed by atoms with Gasteiger partial charge in [-0.2, -0.15) is 13.2 Å². The van der Waals surface area contributed by atoms with E-state index in [9.17, 15) is 23.1 Å². The number of hydrogen-bond donors (Lipinski definition) is 1. The van der Waals surface area contributed by atoms with Crippen LogP contribution < -0.4 is 14.2 Å². The van der Waals surface area contributed by atoms with E-state index in [4.69, 9.17) is 28.9 Å². The molecule has 14 heteroatoms. The Morgan fingerprint density at radius 2 is 1.78 bits per heavy atom. The maximum atomic E-state index is 13.1. The molecule has 244 valence electrons. The first-order valence-corrected chi connectivity index (χ1v) is 15.0. The smallest absolute Gasteiger partial charge is 0.416 e. The van der Waals surface area contributed by atoms with Crippen LogP contribution in [0.2, 0.25) is 0 Å². The van der Waals surface area contributed by atoms with Gasteiger partial charge >= 0.3 is 12.1 Å². The van der Waals surface area contributed by atoms with Gasteiger partial charge in [-0.25, -0.2) is 19.7 Å². The second-order valence-electron chi connectivity index (χ2n) is 11.4. The fraction of sp³-hybridized carbons (Fsp3) is 0.438. The number of aromatic nitrogens is 4. The minimum atomic E-state index is -4.46. The second-order valence-corrected chi connectivity index (χ2v) is 11.4. The highest BCUT2D eigenvalue weighted by Gasteiger charge is 2.31. The SMILES string of the molecule is COc1cc(C(F)(F)F)ccc1COc1cccc(C2CCN(Cc3nc4c(OC)cc(C(=O)O)nc4n3C[C@@H]3CCO3)CC2)n1. The molecule has 46 heavy (non-hydrogen) atoms. The summed E-state index contributed by atoms with van der Waals surface area (Å²) in [5.41, 5.74) is 1.47. The Labute approximate surface area is 262 Å². The topological polar surface area (TPSA) is 121 Å². The van der Waals surface area contributed by atoms with Gasteiger partial charge in [0, 0.05) is 35.9 Å². The van der Waals surface area contributed by atoms with Gasteiger partial charge in [0.05, 0.1) is 39.0 Å². The zero-order chi connectivity index (χ0) is 32.4. The van der Waals surface area contributed by atoms with E-state index in [0.29, 0.717) is 48.1 Å².